The zero-order valence-electron chi connectivity index (χ0n) is 10.9. The van der Waals surface area contributed by atoms with Crippen LogP contribution in [0.4, 0.5) is 5.82 Å². The lowest BCUT2D eigenvalue weighted by Crippen LogP contribution is -2.20. The topological polar surface area (TPSA) is 55.6 Å². The number of hydrogen-bond acceptors (Lipinski definition) is 4. The first-order valence-corrected chi connectivity index (χ1v) is 6.67. The van der Waals surface area contributed by atoms with Crippen LogP contribution in [0.2, 0.25) is 0 Å². The molecule has 2 aromatic heterocycles. The second-order valence-corrected chi connectivity index (χ2v) is 5.16. The van der Waals surface area contributed by atoms with E-state index in [1.54, 1.807) is 11.0 Å². The highest BCUT2D eigenvalue weighted by Gasteiger charge is 2.25. The minimum absolute atomic E-state index is 0.510. The van der Waals surface area contributed by atoms with Crippen LogP contribution in [-0.4, -0.2) is 25.8 Å². The van der Waals surface area contributed by atoms with E-state index < -0.39 is 0 Å². The number of anilines is 1. The third kappa shape index (κ3) is 2.17. The summed E-state index contributed by atoms with van der Waals surface area (Å²) in [6.45, 7) is 2.22. The molecule has 1 fully saturated rings. The Balaban J connectivity index is 1.84. The Morgan fingerprint density at radius 2 is 2.28 bits per heavy atom. The summed E-state index contributed by atoms with van der Waals surface area (Å²) in [7, 11) is 1.90. The highest BCUT2D eigenvalue weighted by Crippen LogP contribution is 2.35. The standard InChI is InChI=1S/C13H19N5/c1-3-10(6-9-4-5-9)17-12-11-7-16-18(2)13(11)15-8-14-12/h7-10H,3-6H2,1-2H3,(H,14,15,17). The van der Waals surface area contributed by atoms with E-state index in [9.17, 15) is 0 Å². The lowest BCUT2D eigenvalue weighted by atomic mass is 10.1. The molecule has 0 bridgehead atoms. The largest absolute Gasteiger partial charge is 0.367 e. The second kappa shape index (κ2) is 4.55. The number of hydrogen-bond donors (Lipinski definition) is 1. The molecule has 0 radical (unpaired) electrons. The van der Waals surface area contributed by atoms with E-state index >= 15 is 0 Å². The SMILES string of the molecule is CCC(CC1CC1)Nc1ncnc2c1cnn2C. The van der Waals surface area contributed by atoms with Gasteiger partial charge in [-0.2, -0.15) is 5.10 Å². The van der Waals surface area contributed by atoms with Crippen molar-refractivity contribution < 1.29 is 0 Å². The molecule has 3 rings (SSSR count). The molecule has 1 aliphatic carbocycles. The molecular formula is C13H19N5. The average Bonchev–Trinajstić information content (AvgIpc) is 3.12. The summed E-state index contributed by atoms with van der Waals surface area (Å²) in [5.41, 5.74) is 0.883. The van der Waals surface area contributed by atoms with Gasteiger partial charge in [0.25, 0.3) is 0 Å². The second-order valence-electron chi connectivity index (χ2n) is 5.16. The lowest BCUT2D eigenvalue weighted by Gasteiger charge is -2.17. The van der Waals surface area contributed by atoms with Crippen molar-refractivity contribution in [3.63, 3.8) is 0 Å². The minimum atomic E-state index is 0.510. The Morgan fingerprint density at radius 1 is 1.44 bits per heavy atom. The Bertz CT molecular complexity index is 543. The first-order valence-electron chi connectivity index (χ1n) is 6.67. The summed E-state index contributed by atoms with van der Waals surface area (Å²) in [6, 6.07) is 0.510. The zero-order valence-corrected chi connectivity index (χ0v) is 10.9. The van der Waals surface area contributed by atoms with Crippen molar-refractivity contribution in [2.24, 2.45) is 13.0 Å². The van der Waals surface area contributed by atoms with Gasteiger partial charge < -0.3 is 5.32 Å². The predicted octanol–water partition coefficient (Wildman–Crippen LogP) is 2.35. The predicted molar refractivity (Wildman–Crippen MR) is 71.3 cm³/mol. The molecule has 0 spiro atoms. The number of rotatable bonds is 5. The fraction of sp³-hybridized carbons (Fsp3) is 0.615. The first kappa shape index (κ1) is 11.4. The van der Waals surface area contributed by atoms with Gasteiger partial charge in [-0.3, -0.25) is 4.68 Å². The van der Waals surface area contributed by atoms with Gasteiger partial charge in [-0.1, -0.05) is 19.8 Å². The van der Waals surface area contributed by atoms with Crippen LogP contribution >= 0.6 is 0 Å². The molecule has 0 saturated heterocycles. The van der Waals surface area contributed by atoms with Crippen LogP contribution in [0.3, 0.4) is 0 Å². The highest BCUT2D eigenvalue weighted by atomic mass is 15.3. The molecule has 2 heterocycles. The van der Waals surface area contributed by atoms with Crippen LogP contribution in [0.5, 0.6) is 0 Å². The fourth-order valence-corrected chi connectivity index (χ4v) is 2.35. The summed E-state index contributed by atoms with van der Waals surface area (Å²) in [5.74, 6) is 1.84. The number of nitrogens with one attached hydrogen (secondary N) is 1. The van der Waals surface area contributed by atoms with E-state index in [1.807, 2.05) is 13.2 Å². The molecule has 0 aliphatic heterocycles. The van der Waals surface area contributed by atoms with Gasteiger partial charge in [-0.25, -0.2) is 9.97 Å². The molecule has 2 aromatic rings. The normalized spacial score (nSPS) is 17.0. The molecule has 5 heteroatoms. The van der Waals surface area contributed by atoms with Crippen LogP contribution in [0.25, 0.3) is 11.0 Å². The molecule has 0 amide bonds. The smallest absolute Gasteiger partial charge is 0.163 e. The molecular weight excluding hydrogens is 226 g/mol. The molecule has 1 unspecified atom stereocenters. The van der Waals surface area contributed by atoms with E-state index in [2.05, 4.69) is 27.3 Å². The summed E-state index contributed by atoms with van der Waals surface area (Å²) in [4.78, 5) is 8.62. The van der Waals surface area contributed by atoms with Crippen molar-refractivity contribution in [1.82, 2.24) is 19.7 Å². The third-order valence-electron chi connectivity index (χ3n) is 3.68. The lowest BCUT2D eigenvalue weighted by molar-refractivity contribution is 0.585. The molecule has 1 aliphatic rings. The summed E-state index contributed by atoms with van der Waals surface area (Å²) in [5, 5.41) is 8.80. The Kier molecular flexibility index (Phi) is 2.89. The number of aryl methyl sites for hydroxylation is 1. The molecule has 1 N–H and O–H groups in total. The molecule has 0 aromatic carbocycles. The van der Waals surface area contributed by atoms with E-state index in [0.29, 0.717) is 6.04 Å². The maximum atomic E-state index is 4.36. The van der Waals surface area contributed by atoms with Gasteiger partial charge >= 0.3 is 0 Å². The third-order valence-corrected chi connectivity index (χ3v) is 3.68. The summed E-state index contributed by atoms with van der Waals surface area (Å²) >= 11 is 0. The molecule has 1 atom stereocenters. The van der Waals surface area contributed by atoms with Crippen molar-refractivity contribution in [3.05, 3.63) is 12.5 Å². The van der Waals surface area contributed by atoms with Gasteiger partial charge in [0.2, 0.25) is 0 Å². The van der Waals surface area contributed by atoms with Gasteiger partial charge in [0.1, 0.15) is 12.1 Å². The Labute approximate surface area is 107 Å². The first-order chi connectivity index (χ1) is 8.78. The Hall–Kier alpha value is -1.65. The summed E-state index contributed by atoms with van der Waals surface area (Å²) in [6.07, 6.45) is 8.61. The van der Waals surface area contributed by atoms with Crippen molar-refractivity contribution in [1.29, 1.82) is 0 Å². The quantitative estimate of drug-likeness (QED) is 0.878. The van der Waals surface area contributed by atoms with Gasteiger partial charge in [-0.05, 0) is 18.8 Å². The van der Waals surface area contributed by atoms with E-state index in [1.165, 1.54) is 19.3 Å². The van der Waals surface area contributed by atoms with E-state index in [0.717, 1.165) is 29.2 Å². The van der Waals surface area contributed by atoms with E-state index in [-0.39, 0.29) is 0 Å². The van der Waals surface area contributed by atoms with Gasteiger partial charge in [-0.15, -0.1) is 0 Å². The maximum absolute atomic E-state index is 4.36. The molecule has 1 saturated carbocycles. The van der Waals surface area contributed by atoms with Crippen LogP contribution in [0, 0.1) is 5.92 Å². The van der Waals surface area contributed by atoms with Crippen LogP contribution in [0.15, 0.2) is 12.5 Å². The van der Waals surface area contributed by atoms with Gasteiger partial charge in [0, 0.05) is 13.1 Å². The van der Waals surface area contributed by atoms with Gasteiger partial charge in [0.15, 0.2) is 5.65 Å². The highest BCUT2D eigenvalue weighted by molar-refractivity contribution is 5.86. The zero-order chi connectivity index (χ0) is 12.5. The van der Waals surface area contributed by atoms with Crippen LogP contribution in [0.1, 0.15) is 32.6 Å². The molecule has 96 valence electrons. The minimum Gasteiger partial charge on any atom is -0.367 e. The number of nitrogens with zero attached hydrogens (tertiary/aromatic N) is 4. The molecule has 18 heavy (non-hydrogen) atoms. The van der Waals surface area contributed by atoms with E-state index in [4.69, 9.17) is 0 Å². The van der Waals surface area contributed by atoms with Gasteiger partial charge in [0.05, 0.1) is 11.6 Å². The van der Waals surface area contributed by atoms with Crippen molar-refractivity contribution in [2.45, 2.75) is 38.6 Å². The van der Waals surface area contributed by atoms with Crippen LogP contribution < -0.4 is 5.32 Å². The maximum Gasteiger partial charge on any atom is 0.163 e. The summed E-state index contributed by atoms with van der Waals surface area (Å²) < 4.78 is 1.78. The fourth-order valence-electron chi connectivity index (χ4n) is 2.35. The number of fused-ring (bicyclic) bond motifs is 1. The van der Waals surface area contributed by atoms with Crippen molar-refractivity contribution in [3.8, 4) is 0 Å². The number of aromatic nitrogens is 4. The monoisotopic (exact) mass is 245 g/mol. The Morgan fingerprint density at radius 3 is 3.00 bits per heavy atom. The average molecular weight is 245 g/mol. The van der Waals surface area contributed by atoms with Crippen LogP contribution in [-0.2, 0) is 7.05 Å². The van der Waals surface area contributed by atoms with Crippen molar-refractivity contribution in [2.75, 3.05) is 5.32 Å². The van der Waals surface area contributed by atoms with Crippen molar-refractivity contribution >= 4 is 16.9 Å². The molecule has 5 nitrogen and oxygen atoms in total.